The molecule has 0 bridgehead atoms. The van der Waals surface area contributed by atoms with E-state index >= 15 is 0 Å². The maximum Gasteiger partial charge on any atom is 0.338 e. The van der Waals surface area contributed by atoms with Crippen molar-refractivity contribution in [2.75, 3.05) is 5.73 Å². The molecule has 0 aliphatic rings. The fourth-order valence-electron chi connectivity index (χ4n) is 1.12. The number of hydrogen-bond acceptors (Lipinski definition) is 5. The van der Waals surface area contributed by atoms with E-state index in [0.717, 1.165) is 4.21 Å². The number of anilines is 1. The zero-order valence-corrected chi connectivity index (χ0v) is 9.72. The van der Waals surface area contributed by atoms with Crippen LogP contribution in [-0.2, 0) is 0 Å². The number of aromatic carboxylic acids is 1. The van der Waals surface area contributed by atoms with E-state index in [4.69, 9.17) is 10.8 Å². The standard InChI is InChI=1S/C10H8N2O2S2/c11-6-4-7(10(13)14)9(12-5-6)16-8-2-1-3-15-8/h1-5H,11H2,(H,13,14). The molecule has 2 aromatic rings. The first-order valence-electron chi connectivity index (χ1n) is 4.37. The number of carboxylic acids is 1. The summed E-state index contributed by atoms with van der Waals surface area (Å²) in [4.78, 5) is 15.0. The van der Waals surface area contributed by atoms with E-state index in [1.807, 2.05) is 17.5 Å². The van der Waals surface area contributed by atoms with Gasteiger partial charge in [0.25, 0.3) is 0 Å². The minimum atomic E-state index is -1.01. The Labute approximate surface area is 100 Å². The molecule has 2 heterocycles. The molecule has 0 saturated heterocycles. The molecule has 4 nitrogen and oxygen atoms in total. The van der Waals surface area contributed by atoms with Crippen molar-refractivity contribution < 1.29 is 9.90 Å². The highest BCUT2D eigenvalue weighted by atomic mass is 32.2. The van der Waals surface area contributed by atoms with E-state index in [1.54, 1.807) is 11.3 Å². The molecule has 0 radical (unpaired) electrons. The number of thiophene rings is 1. The highest BCUT2D eigenvalue weighted by Gasteiger charge is 2.13. The number of nitrogen functional groups attached to an aromatic ring is 1. The zero-order chi connectivity index (χ0) is 11.5. The van der Waals surface area contributed by atoms with Gasteiger partial charge in [0.05, 0.1) is 21.7 Å². The van der Waals surface area contributed by atoms with Gasteiger partial charge in [0.15, 0.2) is 0 Å². The molecule has 0 aliphatic heterocycles. The maximum absolute atomic E-state index is 11.0. The van der Waals surface area contributed by atoms with Crippen LogP contribution in [0.15, 0.2) is 39.0 Å². The molecule has 0 aliphatic carbocycles. The number of carbonyl (C=O) groups is 1. The first-order valence-corrected chi connectivity index (χ1v) is 6.06. The summed E-state index contributed by atoms with van der Waals surface area (Å²) in [5, 5.41) is 11.4. The van der Waals surface area contributed by atoms with Crippen molar-refractivity contribution in [3.8, 4) is 0 Å². The van der Waals surface area contributed by atoms with Crippen LogP contribution in [0.2, 0.25) is 0 Å². The molecule has 0 spiro atoms. The van der Waals surface area contributed by atoms with Gasteiger partial charge in [0, 0.05) is 0 Å². The van der Waals surface area contributed by atoms with Crippen LogP contribution in [0, 0.1) is 0 Å². The van der Waals surface area contributed by atoms with Crippen molar-refractivity contribution in [2.45, 2.75) is 9.24 Å². The molecule has 2 aromatic heterocycles. The van der Waals surface area contributed by atoms with Gasteiger partial charge in [-0.25, -0.2) is 9.78 Å². The average Bonchev–Trinajstić information content (AvgIpc) is 2.73. The summed E-state index contributed by atoms with van der Waals surface area (Å²) in [5.41, 5.74) is 6.00. The summed E-state index contributed by atoms with van der Waals surface area (Å²) in [6.45, 7) is 0. The fourth-order valence-corrected chi connectivity index (χ4v) is 2.86. The molecule has 0 unspecified atom stereocenters. The number of pyridine rings is 1. The second kappa shape index (κ2) is 4.54. The minimum Gasteiger partial charge on any atom is -0.478 e. The van der Waals surface area contributed by atoms with E-state index in [0.29, 0.717) is 10.7 Å². The van der Waals surface area contributed by atoms with Gasteiger partial charge in [-0.1, -0.05) is 17.8 Å². The molecule has 0 saturated carbocycles. The summed E-state index contributed by atoms with van der Waals surface area (Å²) in [7, 11) is 0. The Morgan fingerprint density at radius 3 is 3.00 bits per heavy atom. The molecule has 0 amide bonds. The number of hydrogen-bond donors (Lipinski definition) is 2. The average molecular weight is 252 g/mol. The Morgan fingerprint density at radius 1 is 1.56 bits per heavy atom. The lowest BCUT2D eigenvalue weighted by Crippen LogP contribution is -2.02. The lowest BCUT2D eigenvalue weighted by Gasteiger charge is -2.03. The number of carboxylic acid groups (broad SMARTS) is 1. The van der Waals surface area contributed by atoms with Gasteiger partial charge in [-0.3, -0.25) is 0 Å². The Balaban J connectivity index is 2.36. The summed E-state index contributed by atoms with van der Waals surface area (Å²) in [6.07, 6.45) is 1.46. The first kappa shape index (κ1) is 11.0. The number of nitrogens with two attached hydrogens (primary N) is 1. The van der Waals surface area contributed by atoms with Gasteiger partial charge in [-0.2, -0.15) is 0 Å². The smallest absolute Gasteiger partial charge is 0.338 e. The van der Waals surface area contributed by atoms with Gasteiger partial charge < -0.3 is 10.8 Å². The van der Waals surface area contributed by atoms with Crippen LogP contribution >= 0.6 is 23.1 Å². The van der Waals surface area contributed by atoms with E-state index in [9.17, 15) is 4.79 Å². The lowest BCUT2D eigenvalue weighted by molar-refractivity contribution is 0.0692. The summed E-state index contributed by atoms with van der Waals surface area (Å²) >= 11 is 2.87. The first-order chi connectivity index (χ1) is 7.66. The van der Waals surface area contributed by atoms with Crippen LogP contribution in [-0.4, -0.2) is 16.1 Å². The molecular formula is C10H8N2O2S2. The van der Waals surface area contributed by atoms with Gasteiger partial charge >= 0.3 is 5.97 Å². The van der Waals surface area contributed by atoms with Gasteiger partial charge in [-0.15, -0.1) is 11.3 Å². The Hall–Kier alpha value is -1.53. The second-order valence-electron chi connectivity index (χ2n) is 2.96. The maximum atomic E-state index is 11.0. The number of aromatic nitrogens is 1. The molecule has 0 aromatic carbocycles. The molecule has 6 heteroatoms. The lowest BCUT2D eigenvalue weighted by atomic mass is 10.3. The molecule has 3 N–H and O–H groups in total. The van der Waals surface area contributed by atoms with Crippen molar-refractivity contribution in [2.24, 2.45) is 0 Å². The highest BCUT2D eigenvalue weighted by Crippen LogP contribution is 2.32. The summed E-state index contributed by atoms with van der Waals surface area (Å²) in [6, 6.07) is 5.25. The van der Waals surface area contributed by atoms with Crippen molar-refractivity contribution in [1.29, 1.82) is 0 Å². The zero-order valence-electron chi connectivity index (χ0n) is 8.08. The van der Waals surface area contributed by atoms with Crippen LogP contribution in [0.1, 0.15) is 10.4 Å². The number of nitrogens with zero attached hydrogens (tertiary/aromatic N) is 1. The predicted octanol–water partition coefficient (Wildman–Crippen LogP) is 2.57. The molecule has 0 fully saturated rings. The van der Waals surface area contributed by atoms with Crippen molar-refractivity contribution in [3.05, 3.63) is 35.3 Å². The monoisotopic (exact) mass is 252 g/mol. The Morgan fingerprint density at radius 2 is 2.38 bits per heavy atom. The van der Waals surface area contributed by atoms with Crippen LogP contribution < -0.4 is 5.73 Å². The predicted molar refractivity (Wildman–Crippen MR) is 64.1 cm³/mol. The minimum absolute atomic E-state index is 0.137. The van der Waals surface area contributed by atoms with Crippen LogP contribution in [0.4, 0.5) is 5.69 Å². The third kappa shape index (κ3) is 2.34. The van der Waals surface area contributed by atoms with Crippen molar-refractivity contribution in [3.63, 3.8) is 0 Å². The quantitative estimate of drug-likeness (QED) is 0.878. The van der Waals surface area contributed by atoms with E-state index in [2.05, 4.69) is 4.98 Å². The largest absolute Gasteiger partial charge is 0.478 e. The van der Waals surface area contributed by atoms with Crippen LogP contribution in [0.25, 0.3) is 0 Å². The second-order valence-corrected chi connectivity index (χ2v) is 5.20. The van der Waals surface area contributed by atoms with Gasteiger partial charge in [0.2, 0.25) is 0 Å². The molecule has 82 valence electrons. The van der Waals surface area contributed by atoms with E-state index in [1.165, 1.54) is 24.0 Å². The van der Waals surface area contributed by atoms with E-state index < -0.39 is 5.97 Å². The van der Waals surface area contributed by atoms with Crippen molar-refractivity contribution in [1.82, 2.24) is 4.98 Å². The molecule has 16 heavy (non-hydrogen) atoms. The van der Waals surface area contributed by atoms with Crippen molar-refractivity contribution >= 4 is 34.8 Å². The summed E-state index contributed by atoms with van der Waals surface area (Å²) in [5.74, 6) is -1.01. The third-order valence-corrected chi connectivity index (χ3v) is 3.85. The Bertz CT molecular complexity index is 512. The Kier molecular flexibility index (Phi) is 3.12. The number of rotatable bonds is 3. The topological polar surface area (TPSA) is 76.2 Å². The van der Waals surface area contributed by atoms with Crippen LogP contribution in [0.3, 0.4) is 0 Å². The molecule has 2 rings (SSSR count). The van der Waals surface area contributed by atoms with E-state index in [-0.39, 0.29) is 5.56 Å². The normalized spacial score (nSPS) is 10.2. The fraction of sp³-hybridized carbons (Fsp3) is 0. The molecule has 0 atom stereocenters. The highest BCUT2D eigenvalue weighted by molar-refractivity contribution is 8.01. The third-order valence-electron chi connectivity index (χ3n) is 1.80. The molecular weight excluding hydrogens is 244 g/mol. The van der Waals surface area contributed by atoms with Gasteiger partial charge in [-0.05, 0) is 17.5 Å². The van der Waals surface area contributed by atoms with Crippen LogP contribution in [0.5, 0.6) is 0 Å². The van der Waals surface area contributed by atoms with Gasteiger partial charge in [0.1, 0.15) is 5.03 Å². The summed E-state index contributed by atoms with van der Waals surface area (Å²) < 4.78 is 1.000. The SMILES string of the molecule is Nc1cnc(Sc2cccs2)c(C(=O)O)c1.